The number of methoxy groups -OCH3 is 1. The van der Waals surface area contributed by atoms with Crippen LogP contribution in [0.25, 0.3) is 0 Å². The average molecular weight is 463 g/mol. The van der Waals surface area contributed by atoms with Crippen LogP contribution in [0.5, 0.6) is 11.5 Å². The summed E-state index contributed by atoms with van der Waals surface area (Å²) >= 11 is 3.61. The number of hydrogen-bond donors (Lipinski definition) is 0. The molecular weight excluding hydrogens is 440 g/mol. The summed E-state index contributed by atoms with van der Waals surface area (Å²) in [6, 6.07) is 23.2. The van der Waals surface area contributed by atoms with Gasteiger partial charge in [0.25, 0.3) is 0 Å². The van der Waals surface area contributed by atoms with Gasteiger partial charge in [0.2, 0.25) is 6.23 Å². The van der Waals surface area contributed by atoms with Gasteiger partial charge in [0, 0.05) is 17.5 Å². The predicted molar refractivity (Wildman–Crippen MR) is 122 cm³/mol. The van der Waals surface area contributed by atoms with Gasteiger partial charge in [0.1, 0.15) is 11.5 Å². The van der Waals surface area contributed by atoms with Crippen LogP contribution in [0.2, 0.25) is 0 Å². The van der Waals surface area contributed by atoms with Gasteiger partial charge in [-0.2, -0.15) is 5.10 Å². The molecule has 0 unspecified atom stereocenters. The minimum atomic E-state index is -0.292. The zero-order chi connectivity index (χ0) is 20.7. The molecule has 0 fully saturated rings. The van der Waals surface area contributed by atoms with E-state index in [0.717, 1.165) is 40.1 Å². The molecule has 2 atom stereocenters. The van der Waals surface area contributed by atoms with E-state index in [1.54, 1.807) is 7.11 Å². The molecule has 0 aliphatic carbocycles. The predicted octanol–water partition coefficient (Wildman–Crippen LogP) is 6.26. The highest BCUT2D eigenvalue weighted by atomic mass is 79.9. The fourth-order valence-corrected chi connectivity index (χ4v) is 4.76. The summed E-state index contributed by atoms with van der Waals surface area (Å²) in [7, 11) is 1.67. The largest absolute Gasteiger partial charge is 0.496 e. The van der Waals surface area contributed by atoms with Crippen molar-refractivity contribution < 1.29 is 9.47 Å². The Morgan fingerprint density at radius 3 is 2.63 bits per heavy atom. The number of halogens is 1. The maximum absolute atomic E-state index is 6.44. The first-order chi connectivity index (χ1) is 14.7. The van der Waals surface area contributed by atoms with Crippen molar-refractivity contribution in [2.45, 2.75) is 32.0 Å². The van der Waals surface area contributed by atoms with Gasteiger partial charge in [-0.15, -0.1) is 0 Å². The molecule has 2 heterocycles. The smallest absolute Gasteiger partial charge is 0.213 e. The Hall–Kier alpha value is -2.79. The van der Waals surface area contributed by atoms with E-state index in [1.165, 1.54) is 16.7 Å². The lowest BCUT2D eigenvalue weighted by molar-refractivity contribution is -0.0190. The number of rotatable bonds is 4. The first-order valence-electron chi connectivity index (χ1n) is 10.2. The molecule has 0 aromatic heterocycles. The third-order valence-corrected chi connectivity index (χ3v) is 6.48. The van der Waals surface area contributed by atoms with Crippen LogP contribution in [0.15, 0.2) is 76.3 Å². The maximum atomic E-state index is 6.44. The Kier molecular flexibility index (Phi) is 4.99. The standard InChI is InChI=1S/C25H23BrN2O2/c1-3-16-8-10-17(11-9-16)21-15-22-19-6-4-5-7-23(19)30-25(28(22)27-21)18-12-13-24(29-2)20(26)14-18/h4-14,22,25H,3,15H2,1-2H3/t22-,25-/m0/s1. The van der Waals surface area contributed by atoms with Gasteiger partial charge in [0.05, 0.1) is 23.3 Å². The number of hydrazone groups is 1. The highest BCUT2D eigenvalue weighted by molar-refractivity contribution is 9.10. The van der Waals surface area contributed by atoms with E-state index in [-0.39, 0.29) is 12.3 Å². The lowest BCUT2D eigenvalue weighted by atomic mass is 9.95. The number of nitrogens with zero attached hydrogens (tertiary/aromatic N) is 2. The number of para-hydroxylation sites is 1. The van der Waals surface area contributed by atoms with E-state index in [2.05, 4.69) is 70.3 Å². The molecule has 0 radical (unpaired) electrons. The van der Waals surface area contributed by atoms with Gasteiger partial charge in [-0.05, 0) is 57.7 Å². The zero-order valence-electron chi connectivity index (χ0n) is 17.0. The van der Waals surface area contributed by atoms with Crippen LogP contribution in [0.3, 0.4) is 0 Å². The second-order valence-corrected chi connectivity index (χ2v) is 8.45. The van der Waals surface area contributed by atoms with E-state index in [1.807, 2.05) is 24.3 Å². The topological polar surface area (TPSA) is 34.1 Å². The molecule has 30 heavy (non-hydrogen) atoms. The molecule has 0 amide bonds. The summed E-state index contributed by atoms with van der Waals surface area (Å²) in [5, 5.41) is 7.15. The van der Waals surface area contributed by atoms with Gasteiger partial charge >= 0.3 is 0 Å². The summed E-state index contributed by atoms with van der Waals surface area (Å²) < 4.78 is 12.7. The van der Waals surface area contributed by atoms with Crippen LogP contribution >= 0.6 is 15.9 Å². The normalized spacial score (nSPS) is 19.6. The fourth-order valence-electron chi connectivity index (χ4n) is 4.20. The molecule has 3 aromatic carbocycles. The molecular formula is C25H23BrN2O2. The van der Waals surface area contributed by atoms with Crippen LogP contribution in [0, 0.1) is 0 Å². The van der Waals surface area contributed by atoms with E-state index in [9.17, 15) is 0 Å². The highest BCUT2D eigenvalue weighted by Crippen LogP contribution is 2.48. The number of ether oxygens (including phenoxy) is 2. The van der Waals surface area contributed by atoms with Crippen molar-refractivity contribution in [1.29, 1.82) is 0 Å². The third kappa shape index (κ3) is 3.27. The van der Waals surface area contributed by atoms with Crippen LogP contribution in [-0.2, 0) is 6.42 Å². The zero-order valence-corrected chi connectivity index (χ0v) is 18.6. The Bertz CT molecular complexity index is 1110. The molecule has 2 aliphatic rings. The molecule has 4 nitrogen and oxygen atoms in total. The molecule has 0 saturated heterocycles. The van der Waals surface area contributed by atoms with Crippen LogP contribution in [-0.4, -0.2) is 17.8 Å². The number of hydrogen-bond acceptors (Lipinski definition) is 4. The summed E-state index contributed by atoms with van der Waals surface area (Å²) in [6.07, 6.45) is 1.61. The van der Waals surface area contributed by atoms with Crippen molar-refractivity contribution >= 4 is 21.6 Å². The molecule has 2 aliphatic heterocycles. The number of fused-ring (bicyclic) bond motifs is 3. The van der Waals surface area contributed by atoms with Gasteiger partial charge in [0.15, 0.2) is 0 Å². The van der Waals surface area contributed by atoms with E-state index < -0.39 is 0 Å². The van der Waals surface area contributed by atoms with Crippen molar-refractivity contribution in [3.8, 4) is 11.5 Å². The molecule has 3 aromatic rings. The van der Waals surface area contributed by atoms with Crippen LogP contribution in [0.1, 0.15) is 47.9 Å². The Morgan fingerprint density at radius 1 is 1.10 bits per heavy atom. The van der Waals surface area contributed by atoms with E-state index >= 15 is 0 Å². The molecule has 152 valence electrons. The van der Waals surface area contributed by atoms with E-state index in [4.69, 9.17) is 14.6 Å². The quantitative estimate of drug-likeness (QED) is 0.458. The molecule has 5 heteroatoms. The fraction of sp³-hybridized carbons (Fsp3) is 0.240. The van der Waals surface area contributed by atoms with Crippen molar-refractivity contribution in [3.63, 3.8) is 0 Å². The lowest BCUT2D eigenvalue weighted by Gasteiger charge is -2.38. The molecule has 0 bridgehead atoms. The Balaban J connectivity index is 1.56. The average Bonchev–Trinajstić information content (AvgIpc) is 3.24. The van der Waals surface area contributed by atoms with Crippen molar-refractivity contribution in [1.82, 2.24) is 5.01 Å². The molecule has 5 rings (SSSR count). The number of aryl methyl sites for hydroxylation is 1. The first kappa shape index (κ1) is 19.2. The summed E-state index contributed by atoms with van der Waals surface area (Å²) in [5.74, 6) is 1.72. The van der Waals surface area contributed by atoms with E-state index in [0.29, 0.717) is 0 Å². The Morgan fingerprint density at radius 2 is 1.90 bits per heavy atom. The molecule has 0 N–H and O–H groups in total. The maximum Gasteiger partial charge on any atom is 0.213 e. The van der Waals surface area contributed by atoms with Gasteiger partial charge < -0.3 is 9.47 Å². The number of benzene rings is 3. The van der Waals surface area contributed by atoms with Gasteiger partial charge in [-0.25, -0.2) is 5.01 Å². The molecule has 0 spiro atoms. The highest BCUT2D eigenvalue weighted by Gasteiger charge is 2.40. The SMILES string of the molecule is CCc1ccc(C2=NN3[C@@H](C2)c2ccccc2O[C@H]3c2ccc(OC)c(Br)c2)cc1. The summed E-state index contributed by atoms with van der Waals surface area (Å²) in [6.45, 7) is 2.17. The second kappa shape index (κ2) is 7.80. The molecule has 0 saturated carbocycles. The lowest BCUT2D eigenvalue weighted by Crippen LogP contribution is -2.33. The summed E-state index contributed by atoms with van der Waals surface area (Å²) in [4.78, 5) is 0. The summed E-state index contributed by atoms with van der Waals surface area (Å²) in [5.41, 5.74) is 5.83. The van der Waals surface area contributed by atoms with Gasteiger partial charge in [-0.3, -0.25) is 0 Å². The van der Waals surface area contributed by atoms with Crippen molar-refractivity contribution in [3.05, 3.63) is 93.5 Å². The van der Waals surface area contributed by atoms with Gasteiger partial charge in [-0.1, -0.05) is 49.4 Å². The van der Waals surface area contributed by atoms with Crippen LogP contribution in [0.4, 0.5) is 0 Å². The van der Waals surface area contributed by atoms with Crippen molar-refractivity contribution in [2.75, 3.05) is 7.11 Å². The monoisotopic (exact) mass is 462 g/mol. The minimum Gasteiger partial charge on any atom is -0.496 e. The van der Waals surface area contributed by atoms with Crippen LogP contribution < -0.4 is 9.47 Å². The van der Waals surface area contributed by atoms with Crippen molar-refractivity contribution in [2.24, 2.45) is 5.10 Å². The third-order valence-electron chi connectivity index (χ3n) is 5.86. The second-order valence-electron chi connectivity index (χ2n) is 7.60. The first-order valence-corrected chi connectivity index (χ1v) is 11.0. The minimum absolute atomic E-state index is 0.154. The Labute approximate surface area is 185 Å².